The molecule has 2 saturated heterocycles. The molecule has 300 valence electrons. The fourth-order valence-corrected chi connectivity index (χ4v) is 8.18. The number of alkyl halides is 2. The summed E-state index contributed by atoms with van der Waals surface area (Å²) in [5.74, 6) is -0.330. The molecule has 3 aromatic heterocycles. The average molecular weight is 804 g/mol. The van der Waals surface area contributed by atoms with Crippen LogP contribution in [0, 0.1) is 6.92 Å². The number of ether oxygens (including phenoxy) is 1. The smallest absolute Gasteiger partial charge is 0.332 e. The van der Waals surface area contributed by atoms with Crippen LogP contribution < -0.4 is 31.9 Å². The molecule has 5 heterocycles. The summed E-state index contributed by atoms with van der Waals surface area (Å²) in [5, 5.41) is 18.5. The molecule has 8 rings (SSSR count). The highest BCUT2D eigenvalue weighted by atomic mass is 35.5. The third-order valence-corrected chi connectivity index (χ3v) is 11.4. The number of hydrogen-bond acceptors (Lipinski definition) is 10. The summed E-state index contributed by atoms with van der Waals surface area (Å²) in [6.07, 6.45) is 1.91. The highest BCUT2D eigenvalue weighted by molar-refractivity contribution is 6.36. The highest BCUT2D eigenvalue weighted by Gasteiger charge is 2.40. The van der Waals surface area contributed by atoms with E-state index in [4.69, 9.17) is 26.4 Å². The largest absolute Gasteiger partial charge is 0.481 e. The van der Waals surface area contributed by atoms with Crippen LogP contribution in [0.15, 0.2) is 52.1 Å². The molecule has 1 aliphatic carbocycles. The standard InChI is InChI=1S/C31H27ClF2N6O3.C9H17N3O2/c1-15-17(19-11-6-12-20(24(19)32)22-14-16-8-5-10-18(16)29(36-22)43-4)9-7-13-21(15)35-26-23-28(38-27(37-26)25(33)34)39(2)31(42)40(3)30(23)41;13-6-5-12-4-2-9(11-8(12)14)1-3-10-7-9/h6-7,9,11-14,25H,5,8,10H2,1-4H3,(H,35,37,38);10,13H,1-7H2,(H,11,14). The predicted molar refractivity (Wildman–Crippen MR) is 214 cm³/mol. The molecule has 14 nitrogen and oxygen atoms in total. The summed E-state index contributed by atoms with van der Waals surface area (Å²) in [5.41, 5.74) is 4.95. The first-order valence-corrected chi connectivity index (χ1v) is 19.1. The molecule has 2 aromatic carbocycles. The van der Waals surface area contributed by atoms with Crippen LogP contribution in [-0.4, -0.2) is 85.6 Å². The summed E-state index contributed by atoms with van der Waals surface area (Å²) in [7, 11) is 4.29. The van der Waals surface area contributed by atoms with Crippen LogP contribution in [0.25, 0.3) is 33.4 Å². The summed E-state index contributed by atoms with van der Waals surface area (Å²) in [6, 6.07) is 13.2. The minimum atomic E-state index is -3.02. The normalized spacial score (nSPS) is 17.5. The fraction of sp³-hybridized carbons (Fsp3) is 0.400. The SMILES string of the molecule is COc1nc(-c2cccc(-c3cccc(Nc4nc(C(F)F)nc5c4c(=O)n(C)c(=O)n5C)c3C)c2Cl)cc2c1CCC2.O=C1NC2(CCNC2)CCN1CCO. The number of pyridine rings is 1. The number of urea groups is 1. The Bertz CT molecular complexity index is 2490. The minimum absolute atomic E-state index is 0.0109. The van der Waals surface area contributed by atoms with Gasteiger partial charge in [-0.15, -0.1) is 0 Å². The molecule has 3 aliphatic rings. The zero-order chi connectivity index (χ0) is 40.6. The molecule has 1 spiro atoms. The molecular weight excluding hydrogens is 760 g/mol. The van der Waals surface area contributed by atoms with Gasteiger partial charge in [0.05, 0.1) is 30.0 Å². The van der Waals surface area contributed by atoms with Crippen molar-refractivity contribution in [2.45, 2.75) is 51.0 Å². The highest BCUT2D eigenvalue weighted by Crippen LogP contribution is 2.41. The van der Waals surface area contributed by atoms with Crippen molar-refractivity contribution >= 4 is 40.2 Å². The molecule has 4 N–H and O–H groups in total. The van der Waals surface area contributed by atoms with Crippen molar-refractivity contribution < 1.29 is 23.4 Å². The Balaban J connectivity index is 0.000000297. The monoisotopic (exact) mass is 803 g/mol. The first kappa shape index (κ1) is 39.8. The molecule has 2 aliphatic heterocycles. The van der Waals surface area contributed by atoms with E-state index in [2.05, 4.69) is 32.0 Å². The first-order valence-electron chi connectivity index (χ1n) is 18.7. The summed E-state index contributed by atoms with van der Waals surface area (Å²) < 4.78 is 35.1. The Labute approximate surface area is 331 Å². The van der Waals surface area contributed by atoms with E-state index in [0.29, 0.717) is 28.8 Å². The number of aryl methyl sites for hydroxylation is 2. The molecule has 1 unspecified atom stereocenters. The maximum absolute atomic E-state index is 13.8. The van der Waals surface area contributed by atoms with Gasteiger partial charge in [-0.2, -0.15) is 0 Å². The summed E-state index contributed by atoms with van der Waals surface area (Å²) in [6.45, 7) is 4.96. The molecule has 0 bridgehead atoms. The van der Waals surface area contributed by atoms with Gasteiger partial charge < -0.3 is 30.7 Å². The maximum Gasteiger partial charge on any atom is 0.332 e. The molecule has 5 aromatic rings. The third-order valence-electron chi connectivity index (χ3n) is 11.0. The number of amides is 2. The summed E-state index contributed by atoms with van der Waals surface area (Å²) >= 11 is 7.03. The van der Waals surface area contributed by atoms with Crippen LogP contribution >= 0.6 is 11.6 Å². The lowest BCUT2D eigenvalue weighted by atomic mass is 9.92. The first-order chi connectivity index (χ1) is 27.4. The van der Waals surface area contributed by atoms with Crippen molar-refractivity contribution in [3.05, 3.63) is 90.8 Å². The molecule has 0 saturated carbocycles. The number of nitrogens with one attached hydrogen (secondary N) is 3. The van der Waals surface area contributed by atoms with E-state index in [9.17, 15) is 23.2 Å². The summed E-state index contributed by atoms with van der Waals surface area (Å²) in [4.78, 5) is 51.5. The van der Waals surface area contributed by atoms with Crippen LogP contribution in [0.2, 0.25) is 5.02 Å². The molecular formula is C40H44ClF2N9O5. The van der Waals surface area contributed by atoms with E-state index in [1.165, 1.54) is 19.7 Å². The molecule has 0 radical (unpaired) electrons. The van der Waals surface area contributed by atoms with Gasteiger partial charge in [0.1, 0.15) is 11.2 Å². The number of methoxy groups -OCH3 is 1. The lowest BCUT2D eigenvalue weighted by Gasteiger charge is -2.39. The number of β-amino-alcohol motifs (C(OH)–C–C–N with tert-alkyl or cyclic N) is 1. The lowest BCUT2D eigenvalue weighted by Crippen LogP contribution is -2.61. The van der Waals surface area contributed by atoms with Gasteiger partial charge in [0.15, 0.2) is 11.5 Å². The van der Waals surface area contributed by atoms with Crippen molar-refractivity contribution in [2.75, 3.05) is 45.2 Å². The van der Waals surface area contributed by atoms with Crippen LogP contribution in [0.4, 0.5) is 25.1 Å². The number of fused-ring (bicyclic) bond motifs is 2. The van der Waals surface area contributed by atoms with E-state index < -0.39 is 23.5 Å². The number of aromatic nitrogens is 5. The Morgan fingerprint density at radius 1 is 1.02 bits per heavy atom. The number of nitrogens with zero attached hydrogens (tertiary/aromatic N) is 6. The Morgan fingerprint density at radius 2 is 1.77 bits per heavy atom. The number of aliphatic hydroxyl groups excluding tert-OH is 1. The van der Waals surface area contributed by atoms with Gasteiger partial charge in [0, 0.05) is 56.1 Å². The number of anilines is 2. The van der Waals surface area contributed by atoms with Crippen LogP contribution in [0.3, 0.4) is 0 Å². The minimum Gasteiger partial charge on any atom is -0.481 e. The maximum atomic E-state index is 13.8. The zero-order valence-corrected chi connectivity index (χ0v) is 32.8. The van der Waals surface area contributed by atoms with Crippen molar-refractivity contribution in [2.24, 2.45) is 14.1 Å². The molecule has 1 atom stereocenters. The number of rotatable bonds is 8. The number of benzene rings is 2. The molecule has 17 heteroatoms. The lowest BCUT2D eigenvalue weighted by molar-refractivity contribution is 0.136. The van der Waals surface area contributed by atoms with Gasteiger partial charge in [-0.3, -0.25) is 13.9 Å². The Morgan fingerprint density at radius 3 is 2.47 bits per heavy atom. The quantitative estimate of drug-likeness (QED) is 0.167. The van der Waals surface area contributed by atoms with Crippen molar-refractivity contribution in [1.82, 2.24) is 39.6 Å². The number of carbonyl (C=O) groups is 1. The second kappa shape index (κ2) is 16.2. The molecule has 2 amide bonds. The van der Waals surface area contributed by atoms with Gasteiger partial charge in [0.2, 0.25) is 5.88 Å². The predicted octanol–water partition coefficient (Wildman–Crippen LogP) is 5.02. The third kappa shape index (κ3) is 7.56. The van der Waals surface area contributed by atoms with E-state index in [1.54, 1.807) is 24.1 Å². The van der Waals surface area contributed by atoms with Crippen LogP contribution in [-0.2, 0) is 26.9 Å². The Hall–Kier alpha value is -5.45. The topological polar surface area (TPSA) is 169 Å². The second-order valence-electron chi connectivity index (χ2n) is 14.5. The van der Waals surface area contributed by atoms with E-state index in [0.717, 1.165) is 88.7 Å². The van der Waals surface area contributed by atoms with E-state index >= 15 is 0 Å². The molecule has 2 fully saturated rings. The average Bonchev–Trinajstić information content (AvgIpc) is 3.88. The van der Waals surface area contributed by atoms with Crippen molar-refractivity contribution in [3.8, 4) is 28.3 Å². The van der Waals surface area contributed by atoms with Gasteiger partial charge >= 0.3 is 11.7 Å². The number of aliphatic hydroxyl groups is 1. The van der Waals surface area contributed by atoms with Crippen molar-refractivity contribution in [3.63, 3.8) is 0 Å². The fourth-order valence-electron chi connectivity index (χ4n) is 7.86. The van der Waals surface area contributed by atoms with Gasteiger partial charge in [-0.05, 0) is 74.4 Å². The van der Waals surface area contributed by atoms with Gasteiger partial charge in [-0.1, -0.05) is 41.9 Å². The van der Waals surface area contributed by atoms with Crippen LogP contribution in [0.5, 0.6) is 5.88 Å². The van der Waals surface area contributed by atoms with E-state index in [1.807, 2.05) is 31.2 Å². The van der Waals surface area contributed by atoms with Crippen LogP contribution in [0.1, 0.15) is 48.2 Å². The van der Waals surface area contributed by atoms with Gasteiger partial charge in [-0.25, -0.2) is 33.3 Å². The second-order valence-corrected chi connectivity index (χ2v) is 14.9. The number of carbonyl (C=O) groups excluding carboxylic acids is 1. The zero-order valence-electron chi connectivity index (χ0n) is 32.1. The number of hydrogen-bond donors (Lipinski definition) is 4. The molecule has 57 heavy (non-hydrogen) atoms. The van der Waals surface area contributed by atoms with E-state index in [-0.39, 0.29) is 35.0 Å². The number of halogens is 3. The van der Waals surface area contributed by atoms with Crippen molar-refractivity contribution in [1.29, 1.82) is 0 Å². The Kier molecular flexibility index (Phi) is 11.3. The van der Waals surface area contributed by atoms with Gasteiger partial charge in [0.25, 0.3) is 12.0 Å².